The normalized spacial score (nSPS) is 25.6. The molecule has 0 aliphatic carbocycles. The first-order valence-electron chi connectivity index (χ1n) is 6.22. The third-order valence-electron chi connectivity index (χ3n) is 3.46. The van der Waals surface area contributed by atoms with Crippen LogP contribution < -0.4 is 10.6 Å². The van der Waals surface area contributed by atoms with Gasteiger partial charge in [-0.15, -0.1) is 0 Å². The minimum absolute atomic E-state index is 0.503. The fourth-order valence-corrected chi connectivity index (χ4v) is 2.61. The molecule has 2 aliphatic heterocycles. The van der Waals surface area contributed by atoms with Crippen molar-refractivity contribution in [3.63, 3.8) is 0 Å². The maximum absolute atomic E-state index is 5.31. The molecule has 1 atom stereocenters. The van der Waals surface area contributed by atoms with Gasteiger partial charge in [-0.05, 0) is 25.9 Å². The second-order valence-corrected chi connectivity index (χ2v) is 4.75. The molecule has 1 saturated heterocycles. The van der Waals surface area contributed by atoms with Crippen molar-refractivity contribution < 1.29 is 4.42 Å². The van der Waals surface area contributed by atoms with E-state index in [0.717, 1.165) is 24.7 Å². The van der Waals surface area contributed by atoms with Gasteiger partial charge in [0.2, 0.25) is 5.88 Å². The molecule has 0 bridgehead atoms. The highest BCUT2D eigenvalue weighted by molar-refractivity contribution is 5.65. The van der Waals surface area contributed by atoms with Crippen LogP contribution >= 0.6 is 0 Å². The van der Waals surface area contributed by atoms with E-state index in [1.54, 1.807) is 6.26 Å². The Balaban J connectivity index is 1.57. The van der Waals surface area contributed by atoms with Crippen LogP contribution in [0.5, 0.6) is 0 Å². The molecule has 2 N–H and O–H groups in total. The number of nitrogens with one attached hydrogen (secondary N) is 2. The zero-order valence-corrected chi connectivity index (χ0v) is 9.54. The first kappa shape index (κ1) is 10.0. The Bertz CT molecular complexity index is 344. The van der Waals surface area contributed by atoms with E-state index in [1.807, 2.05) is 6.07 Å². The number of hydrogen-bond acceptors (Lipinski definition) is 4. The lowest BCUT2D eigenvalue weighted by Crippen LogP contribution is -2.44. The lowest BCUT2D eigenvalue weighted by atomic mass is 10.1. The number of furan rings is 1. The van der Waals surface area contributed by atoms with Gasteiger partial charge >= 0.3 is 0 Å². The molecule has 0 radical (unpaired) electrons. The average molecular weight is 221 g/mol. The largest absolute Gasteiger partial charge is 0.447 e. The van der Waals surface area contributed by atoms with Crippen LogP contribution in [-0.4, -0.2) is 37.1 Å². The lowest BCUT2D eigenvalue weighted by molar-refractivity contribution is 0.221. The summed E-state index contributed by atoms with van der Waals surface area (Å²) in [4.78, 5) is 2.56. The van der Waals surface area contributed by atoms with Gasteiger partial charge in [0.1, 0.15) is 0 Å². The van der Waals surface area contributed by atoms with Gasteiger partial charge in [-0.1, -0.05) is 6.42 Å². The topological polar surface area (TPSA) is 40.4 Å². The molecule has 1 unspecified atom stereocenters. The summed E-state index contributed by atoms with van der Waals surface area (Å²) in [6.45, 7) is 4.61. The minimum Gasteiger partial charge on any atom is -0.447 e. The third kappa shape index (κ3) is 2.02. The van der Waals surface area contributed by atoms with Crippen molar-refractivity contribution in [3.05, 3.63) is 12.3 Å². The Morgan fingerprint density at radius 2 is 2.19 bits per heavy atom. The summed E-state index contributed by atoms with van der Waals surface area (Å²) in [5.74, 6) is 0.884. The Kier molecular flexibility index (Phi) is 2.74. The molecule has 3 rings (SSSR count). The summed E-state index contributed by atoms with van der Waals surface area (Å²) in [7, 11) is 0. The van der Waals surface area contributed by atoms with Gasteiger partial charge < -0.3 is 20.0 Å². The van der Waals surface area contributed by atoms with E-state index in [0.29, 0.717) is 6.04 Å². The van der Waals surface area contributed by atoms with E-state index in [2.05, 4.69) is 15.5 Å². The van der Waals surface area contributed by atoms with Crippen molar-refractivity contribution in [1.29, 1.82) is 0 Å². The molecule has 0 saturated carbocycles. The fourth-order valence-electron chi connectivity index (χ4n) is 2.61. The zero-order chi connectivity index (χ0) is 10.8. The highest BCUT2D eigenvalue weighted by atomic mass is 16.3. The summed E-state index contributed by atoms with van der Waals surface area (Å²) in [5, 5.41) is 6.85. The van der Waals surface area contributed by atoms with Crippen LogP contribution in [0.4, 0.5) is 11.6 Å². The van der Waals surface area contributed by atoms with E-state index < -0.39 is 0 Å². The SMILES string of the molecule is c1cc2c(o1)NCC(CN1CCCCC1)N2. The van der Waals surface area contributed by atoms with E-state index in [4.69, 9.17) is 4.42 Å². The first-order valence-corrected chi connectivity index (χ1v) is 6.22. The van der Waals surface area contributed by atoms with Gasteiger partial charge in [-0.2, -0.15) is 0 Å². The van der Waals surface area contributed by atoms with Crippen molar-refractivity contribution in [2.75, 3.05) is 36.8 Å². The second-order valence-electron chi connectivity index (χ2n) is 4.75. The number of rotatable bonds is 2. The van der Waals surface area contributed by atoms with E-state index in [1.165, 1.54) is 32.4 Å². The summed E-state index contributed by atoms with van der Waals surface area (Å²) in [5.41, 5.74) is 1.10. The third-order valence-corrected chi connectivity index (χ3v) is 3.46. The Labute approximate surface area is 96.0 Å². The second kappa shape index (κ2) is 4.37. The smallest absolute Gasteiger partial charge is 0.216 e. The zero-order valence-electron chi connectivity index (χ0n) is 9.54. The predicted octanol–water partition coefficient (Wildman–Crippen LogP) is 1.97. The molecule has 1 fully saturated rings. The standard InChI is InChI=1S/C12H19N3O/c1-2-5-15(6-3-1)9-10-8-13-12-11(14-10)4-7-16-12/h4,7,10,13-14H,1-3,5-6,8-9H2. The van der Waals surface area contributed by atoms with Crippen LogP contribution in [-0.2, 0) is 0 Å². The fraction of sp³-hybridized carbons (Fsp3) is 0.667. The molecule has 1 aromatic heterocycles. The number of hydrogen-bond donors (Lipinski definition) is 2. The summed E-state index contributed by atoms with van der Waals surface area (Å²) in [6, 6.07) is 2.49. The van der Waals surface area contributed by atoms with Crippen LogP contribution in [0.1, 0.15) is 19.3 Å². The maximum atomic E-state index is 5.31. The highest BCUT2D eigenvalue weighted by Crippen LogP contribution is 2.27. The molecule has 3 heterocycles. The molecule has 1 aromatic rings. The summed E-state index contributed by atoms with van der Waals surface area (Å²) >= 11 is 0. The van der Waals surface area contributed by atoms with Crippen LogP contribution in [0.2, 0.25) is 0 Å². The first-order chi connectivity index (χ1) is 7.92. The average Bonchev–Trinajstić information content (AvgIpc) is 2.77. The van der Waals surface area contributed by atoms with Gasteiger partial charge in [0.05, 0.1) is 18.0 Å². The van der Waals surface area contributed by atoms with Crippen molar-refractivity contribution in [2.24, 2.45) is 0 Å². The minimum atomic E-state index is 0.503. The monoisotopic (exact) mass is 221 g/mol. The van der Waals surface area contributed by atoms with Crippen LogP contribution in [0.3, 0.4) is 0 Å². The molecule has 0 amide bonds. The van der Waals surface area contributed by atoms with Gasteiger partial charge in [-0.25, -0.2) is 0 Å². The van der Waals surface area contributed by atoms with E-state index in [-0.39, 0.29) is 0 Å². The number of nitrogens with zero attached hydrogens (tertiary/aromatic N) is 1. The van der Waals surface area contributed by atoms with Crippen LogP contribution in [0.25, 0.3) is 0 Å². The Morgan fingerprint density at radius 3 is 3.06 bits per heavy atom. The van der Waals surface area contributed by atoms with Gasteiger partial charge in [-0.3, -0.25) is 0 Å². The van der Waals surface area contributed by atoms with Crippen molar-refractivity contribution in [3.8, 4) is 0 Å². The van der Waals surface area contributed by atoms with Crippen LogP contribution in [0.15, 0.2) is 16.7 Å². The van der Waals surface area contributed by atoms with Gasteiger partial charge in [0.25, 0.3) is 0 Å². The molecule has 88 valence electrons. The highest BCUT2D eigenvalue weighted by Gasteiger charge is 2.22. The quantitative estimate of drug-likeness (QED) is 0.801. The predicted molar refractivity (Wildman–Crippen MR) is 64.9 cm³/mol. The summed E-state index contributed by atoms with van der Waals surface area (Å²) in [6.07, 6.45) is 5.85. The number of likely N-dealkylation sites (tertiary alicyclic amines) is 1. The van der Waals surface area contributed by atoms with E-state index in [9.17, 15) is 0 Å². The summed E-state index contributed by atoms with van der Waals surface area (Å²) < 4.78 is 5.31. The number of piperidine rings is 1. The molecule has 0 aromatic carbocycles. The maximum Gasteiger partial charge on any atom is 0.216 e. The Hall–Kier alpha value is -1.16. The van der Waals surface area contributed by atoms with E-state index >= 15 is 0 Å². The number of anilines is 2. The van der Waals surface area contributed by atoms with Gasteiger partial charge in [0.15, 0.2) is 0 Å². The molecular formula is C12H19N3O. The lowest BCUT2D eigenvalue weighted by Gasteiger charge is -2.33. The molecule has 0 spiro atoms. The van der Waals surface area contributed by atoms with Crippen LogP contribution in [0, 0.1) is 0 Å². The molecule has 4 heteroatoms. The Morgan fingerprint density at radius 1 is 1.31 bits per heavy atom. The van der Waals surface area contributed by atoms with Gasteiger partial charge in [0, 0.05) is 19.2 Å². The van der Waals surface area contributed by atoms with Crippen molar-refractivity contribution >= 4 is 11.6 Å². The number of fused-ring (bicyclic) bond motifs is 1. The molecule has 2 aliphatic rings. The van der Waals surface area contributed by atoms with Crippen molar-refractivity contribution in [1.82, 2.24) is 4.90 Å². The van der Waals surface area contributed by atoms with Crippen molar-refractivity contribution in [2.45, 2.75) is 25.3 Å². The molecular weight excluding hydrogens is 202 g/mol. The molecule has 16 heavy (non-hydrogen) atoms. The molecule has 4 nitrogen and oxygen atoms in total.